The lowest BCUT2D eigenvalue weighted by atomic mass is 10.3. The zero-order valence-electron chi connectivity index (χ0n) is 14.6. The normalized spacial score (nSPS) is 12.0. The molecule has 0 amide bonds. The summed E-state index contributed by atoms with van der Waals surface area (Å²) in [7, 11) is -3.60. The van der Waals surface area contributed by atoms with Gasteiger partial charge >= 0.3 is 0 Å². The number of nitrogens with one attached hydrogen (secondary N) is 2. The number of sulfonamides is 1. The fourth-order valence-corrected chi connectivity index (χ4v) is 5.19. The summed E-state index contributed by atoms with van der Waals surface area (Å²) in [4.78, 5) is 1.87. The van der Waals surface area contributed by atoms with E-state index >= 15 is 0 Å². The van der Waals surface area contributed by atoms with Gasteiger partial charge in [0.25, 0.3) is 0 Å². The highest BCUT2D eigenvalue weighted by molar-refractivity contribution is 7.89. The maximum absolute atomic E-state index is 12.7. The highest BCUT2D eigenvalue weighted by Crippen LogP contribution is 2.32. The van der Waals surface area contributed by atoms with Crippen molar-refractivity contribution in [3.05, 3.63) is 40.2 Å². The van der Waals surface area contributed by atoms with Crippen LogP contribution in [0.2, 0.25) is 0 Å². The molecule has 0 fully saturated rings. The molecular weight excluding hydrogens is 358 g/mol. The van der Waals surface area contributed by atoms with E-state index in [9.17, 15) is 8.42 Å². The fourth-order valence-electron chi connectivity index (χ4n) is 2.63. The third kappa shape index (κ3) is 3.53. The smallest absolute Gasteiger partial charge is 0.241 e. The molecule has 0 bridgehead atoms. The molecule has 3 aromatic heterocycles. The molecule has 0 atom stereocenters. The van der Waals surface area contributed by atoms with Crippen LogP contribution >= 0.6 is 11.3 Å². The predicted octanol–water partition coefficient (Wildman–Crippen LogP) is 2.76. The topological polar surface area (TPSA) is 92.7 Å². The van der Waals surface area contributed by atoms with Crippen molar-refractivity contribution in [1.82, 2.24) is 24.7 Å². The highest BCUT2D eigenvalue weighted by Gasteiger charge is 2.21. The Morgan fingerprint density at radius 1 is 1.28 bits per heavy atom. The largest absolute Gasteiger partial charge is 0.282 e. The highest BCUT2D eigenvalue weighted by atomic mass is 32.2. The predicted molar refractivity (Wildman–Crippen MR) is 98.0 cm³/mol. The molecule has 134 valence electrons. The summed E-state index contributed by atoms with van der Waals surface area (Å²) in [5.74, 6) is 0. The second-order valence-corrected chi connectivity index (χ2v) is 8.85. The molecule has 0 spiro atoms. The van der Waals surface area contributed by atoms with Crippen molar-refractivity contribution in [2.24, 2.45) is 0 Å². The van der Waals surface area contributed by atoms with E-state index in [0.29, 0.717) is 4.90 Å². The van der Waals surface area contributed by atoms with Crippen molar-refractivity contribution >= 4 is 21.4 Å². The molecule has 2 N–H and O–H groups in total. The lowest BCUT2D eigenvalue weighted by Crippen LogP contribution is -2.23. The molecule has 3 heterocycles. The third-order valence-electron chi connectivity index (χ3n) is 4.08. The summed E-state index contributed by atoms with van der Waals surface area (Å²) in [6.45, 7) is 8.64. The van der Waals surface area contributed by atoms with Crippen LogP contribution in [-0.4, -0.2) is 28.4 Å². The van der Waals surface area contributed by atoms with E-state index in [0.717, 1.165) is 38.9 Å². The van der Waals surface area contributed by atoms with Gasteiger partial charge in [-0.15, -0.1) is 11.3 Å². The number of aryl methyl sites for hydroxylation is 3. The monoisotopic (exact) mass is 379 g/mol. The Bertz CT molecular complexity index is 998. The van der Waals surface area contributed by atoms with Gasteiger partial charge in [0, 0.05) is 34.9 Å². The van der Waals surface area contributed by atoms with Gasteiger partial charge in [0.2, 0.25) is 10.0 Å². The second-order valence-electron chi connectivity index (χ2n) is 5.86. The number of nitrogens with zero attached hydrogens (tertiary/aromatic N) is 3. The van der Waals surface area contributed by atoms with Crippen LogP contribution in [0.5, 0.6) is 0 Å². The number of aromatic nitrogens is 4. The van der Waals surface area contributed by atoms with Crippen LogP contribution < -0.4 is 4.72 Å². The molecule has 9 heteroatoms. The molecule has 0 radical (unpaired) electrons. The van der Waals surface area contributed by atoms with Crippen molar-refractivity contribution in [2.45, 2.75) is 45.7 Å². The molecular formula is C16H21N5O2S2. The molecule has 0 aliphatic carbocycles. The number of thiophene rings is 1. The van der Waals surface area contributed by atoms with Gasteiger partial charge in [-0.25, -0.2) is 13.1 Å². The van der Waals surface area contributed by atoms with Gasteiger partial charge in [0.15, 0.2) is 0 Å². The molecule has 0 aliphatic rings. The van der Waals surface area contributed by atoms with Crippen molar-refractivity contribution in [2.75, 3.05) is 0 Å². The summed E-state index contributed by atoms with van der Waals surface area (Å²) >= 11 is 1.42. The summed E-state index contributed by atoms with van der Waals surface area (Å²) in [6, 6.07) is 3.58. The Labute approximate surface area is 151 Å². The molecule has 7 nitrogen and oxygen atoms in total. The van der Waals surface area contributed by atoms with E-state index < -0.39 is 10.0 Å². The minimum Gasteiger partial charge on any atom is -0.282 e. The minimum absolute atomic E-state index is 0.223. The van der Waals surface area contributed by atoms with E-state index in [4.69, 9.17) is 0 Å². The van der Waals surface area contributed by atoms with Gasteiger partial charge in [-0.05, 0) is 39.8 Å². The van der Waals surface area contributed by atoms with Crippen LogP contribution in [-0.2, 0) is 23.1 Å². The Morgan fingerprint density at radius 2 is 2.04 bits per heavy atom. The molecule has 3 aromatic rings. The first-order valence-corrected chi connectivity index (χ1v) is 10.3. The van der Waals surface area contributed by atoms with Crippen molar-refractivity contribution in [3.8, 4) is 10.6 Å². The Morgan fingerprint density at radius 3 is 2.64 bits per heavy atom. The number of rotatable bonds is 6. The fraction of sp³-hybridized carbons (Fsp3) is 0.375. The van der Waals surface area contributed by atoms with Gasteiger partial charge in [-0.1, -0.05) is 0 Å². The molecule has 0 unspecified atom stereocenters. The van der Waals surface area contributed by atoms with Crippen molar-refractivity contribution < 1.29 is 8.42 Å². The maximum atomic E-state index is 12.7. The van der Waals surface area contributed by atoms with Gasteiger partial charge in [-0.2, -0.15) is 10.2 Å². The Balaban J connectivity index is 1.82. The van der Waals surface area contributed by atoms with E-state index in [2.05, 4.69) is 20.0 Å². The van der Waals surface area contributed by atoms with Gasteiger partial charge in [0.05, 0.1) is 16.0 Å². The zero-order valence-corrected chi connectivity index (χ0v) is 16.3. The minimum atomic E-state index is -3.60. The average Bonchev–Trinajstić information content (AvgIpc) is 3.24. The third-order valence-corrected chi connectivity index (χ3v) is 6.81. The van der Waals surface area contributed by atoms with Crippen LogP contribution in [0.15, 0.2) is 23.2 Å². The summed E-state index contributed by atoms with van der Waals surface area (Å²) in [5, 5.41) is 11.3. The van der Waals surface area contributed by atoms with E-state index in [1.54, 1.807) is 12.3 Å². The zero-order chi connectivity index (χ0) is 18.2. The van der Waals surface area contributed by atoms with Crippen molar-refractivity contribution in [1.29, 1.82) is 0 Å². The summed E-state index contributed by atoms with van der Waals surface area (Å²) in [6.07, 6.45) is 1.71. The maximum Gasteiger partial charge on any atom is 0.241 e. The molecule has 0 saturated carbocycles. The van der Waals surface area contributed by atoms with E-state index in [1.165, 1.54) is 11.3 Å². The van der Waals surface area contributed by atoms with Crippen LogP contribution in [0.25, 0.3) is 10.6 Å². The SMILES string of the molecule is CCn1ncc(CNS(=O)(=O)c2cc(-c3cc(C)[nH]n3)sc2C)c1C. The van der Waals surface area contributed by atoms with Crippen LogP contribution in [0.1, 0.15) is 28.8 Å². The second kappa shape index (κ2) is 6.74. The number of hydrogen-bond acceptors (Lipinski definition) is 5. The first-order chi connectivity index (χ1) is 11.8. The summed E-state index contributed by atoms with van der Waals surface area (Å²) in [5.41, 5.74) is 3.54. The van der Waals surface area contributed by atoms with E-state index in [-0.39, 0.29) is 6.54 Å². The lowest BCUT2D eigenvalue weighted by Gasteiger charge is -2.06. The number of hydrogen-bond donors (Lipinski definition) is 2. The van der Waals surface area contributed by atoms with Gasteiger partial charge < -0.3 is 0 Å². The van der Waals surface area contributed by atoms with E-state index in [1.807, 2.05) is 38.4 Å². The molecule has 0 saturated heterocycles. The van der Waals surface area contributed by atoms with Gasteiger partial charge in [0.1, 0.15) is 5.69 Å². The van der Waals surface area contributed by atoms with Crippen LogP contribution in [0, 0.1) is 20.8 Å². The first-order valence-electron chi connectivity index (χ1n) is 7.95. The number of aromatic amines is 1. The Hall–Kier alpha value is -1.97. The Kier molecular flexibility index (Phi) is 4.81. The average molecular weight is 380 g/mol. The molecule has 3 rings (SSSR count). The van der Waals surface area contributed by atoms with Crippen LogP contribution in [0.4, 0.5) is 0 Å². The standard InChI is InChI=1S/C16H21N5O2S2/c1-5-21-11(3)13(8-17-21)9-18-25(22,23)16-7-15(24-12(16)4)14-6-10(2)19-20-14/h6-8,18H,5,9H2,1-4H3,(H,19,20). The lowest BCUT2D eigenvalue weighted by molar-refractivity contribution is 0.580. The molecule has 0 aromatic carbocycles. The molecule has 25 heavy (non-hydrogen) atoms. The van der Waals surface area contributed by atoms with Crippen LogP contribution in [0.3, 0.4) is 0 Å². The van der Waals surface area contributed by atoms with Gasteiger partial charge in [-0.3, -0.25) is 9.78 Å². The first kappa shape index (κ1) is 17.8. The number of H-pyrrole nitrogens is 1. The quantitative estimate of drug-likeness (QED) is 0.689. The van der Waals surface area contributed by atoms with Crippen molar-refractivity contribution in [3.63, 3.8) is 0 Å². The molecule has 0 aliphatic heterocycles. The summed E-state index contributed by atoms with van der Waals surface area (Å²) < 4.78 is 29.9.